The monoisotopic (exact) mass is 452 g/mol. The maximum atomic E-state index is 14.4. The Morgan fingerprint density at radius 3 is 2.61 bits per heavy atom. The van der Waals surface area contributed by atoms with Crippen molar-refractivity contribution in [1.29, 1.82) is 0 Å². The van der Waals surface area contributed by atoms with Crippen LogP contribution < -0.4 is 16.0 Å². The quantitative estimate of drug-likeness (QED) is 0.559. The number of amides is 2. The normalized spacial score (nSPS) is 18.5. The zero-order chi connectivity index (χ0) is 23.7. The molecule has 0 spiro atoms. The molecule has 0 radical (unpaired) electrons. The molecule has 2 amide bonds. The number of nitrogens with zero attached hydrogens (tertiary/aromatic N) is 4. The minimum absolute atomic E-state index is 0.0191. The van der Waals surface area contributed by atoms with E-state index in [0.29, 0.717) is 27.9 Å². The molecule has 1 aliphatic carbocycles. The van der Waals surface area contributed by atoms with Crippen molar-refractivity contribution in [3.05, 3.63) is 48.3 Å². The average molecular weight is 453 g/mol. The fraction of sp³-hybridized carbons (Fsp3) is 0.417. The van der Waals surface area contributed by atoms with E-state index in [0.717, 1.165) is 25.7 Å². The fourth-order valence-electron chi connectivity index (χ4n) is 4.89. The second-order valence-electron chi connectivity index (χ2n) is 8.88. The molecule has 4 rings (SSSR count). The largest absolute Gasteiger partial charge is 0.365 e. The Balaban J connectivity index is 1.79. The third-order valence-electron chi connectivity index (χ3n) is 6.26. The minimum atomic E-state index is -0.568. The van der Waals surface area contributed by atoms with Gasteiger partial charge in [-0.3, -0.25) is 9.59 Å². The van der Waals surface area contributed by atoms with Crippen molar-refractivity contribution in [1.82, 2.24) is 19.9 Å². The highest BCUT2D eigenvalue weighted by molar-refractivity contribution is 6.02. The van der Waals surface area contributed by atoms with Gasteiger partial charge in [0.2, 0.25) is 11.9 Å². The van der Waals surface area contributed by atoms with E-state index in [1.807, 2.05) is 6.07 Å². The number of nitrogens with one attached hydrogen (secondary N) is 1. The van der Waals surface area contributed by atoms with Crippen LogP contribution in [0.4, 0.5) is 10.1 Å². The van der Waals surface area contributed by atoms with E-state index >= 15 is 0 Å². The number of fused-ring (bicyclic) bond motifs is 1. The summed E-state index contributed by atoms with van der Waals surface area (Å²) in [4.78, 5) is 29.8. The van der Waals surface area contributed by atoms with Crippen molar-refractivity contribution < 1.29 is 14.0 Å². The van der Waals surface area contributed by atoms with E-state index in [9.17, 15) is 14.0 Å². The number of halogens is 1. The summed E-state index contributed by atoms with van der Waals surface area (Å²) in [5.41, 5.74) is 8.45. The highest BCUT2D eigenvalue weighted by atomic mass is 19.1. The average Bonchev–Trinajstić information content (AvgIpc) is 3.19. The van der Waals surface area contributed by atoms with Gasteiger partial charge in [0.05, 0.1) is 23.0 Å². The van der Waals surface area contributed by atoms with Crippen LogP contribution in [0, 0.1) is 5.95 Å². The van der Waals surface area contributed by atoms with Gasteiger partial charge in [-0.1, -0.05) is 0 Å². The van der Waals surface area contributed by atoms with Crippen molar-refractivity contribution >= 4 is 23.0 Å². The number of pyridine rings is 1. The first kappa shape index (κ1) is 22.7. The van der Waals surface area contributed by atoms with Crippen LogP contribution >= 0.6 is 0 Å². The molecule has 0 aliphatic heterocycles. The molecule has 0 bridgehead atoms. The van der Waals surface area contributed by atoms with Crippen LogP contribution in [0.1, 0.15) is 56.8 Å². The van der Waals surface area contributed by atoms with Crippen LogP contribution in [0.3, 0.4) is 0 Å². The standard InChI is InChI=1S/C24H29FN6O2/c1-14(2)31(18-8-6-17(7-9-18)29-15(3)32)22-20(24(26)33)12-28-30-13-16(11-21(22)30)19-5-4-10-27-23(19)25/h4-5,10-14,17-18H,6-9H2,1-3H3,(H2,26,33)(H,29,32). The van der Waals surface area contributed by atoms with E-state index in [1.165, 1.54) is 19.3 Å². The minimum Gasteiger partial charge on any atom is -0.365 e. The van der Waals surface area contributed by atoms with Crippen LogP contribution in [-0.4, -0.2) is 44.5 Å². The van der Waals surface area contributed by atoms with Crippen LogP contribution in [0.15, 0.2) is 36.8 Å². The number of carbonyl (C=O) groups excluding carboxylic acids is 2. The molecule has 0 saturated heterocycles. The van der Waals surface area contributed by atoms with Crippen LogP contribution in [0.25, 0.3) is 16.6 Å². The Morgan fingerprint density at radius 1 is 1.27 bits per heavy atom. The lowest BCUT2D eigenvalue weighted by Crippen LogP contribution is -2.47. The number of nitrogens with two attached hydrogens (primary N) is 1. The number of primary amides is 1. The van der Waals surface area contributed by atoms with Crippen LogP contribution in [0.2, 0.25) is 0 Å². The van der Waals surface area contributed by atoms with E-state index < -0.39 is 11.9 Å². The zero-order valence-corrected chi connectivity index (χ0v) is 19.1. The Labute approximate surface area is 192 Å². The second-order valence-corrected chi connectivity index (χ2v) is 8.88. The molecule has 9 heteroatoms. The number of rotatable bonds is 6. The van der Waals surface area contributed by atoms with Gasteiger partial charge in [-0.05, 0) is 57.7 Å². The fourth-order valence-corrected chi connectivity index (χ4v) is 4.89. The zero-order valence-electron chi connectivity index (χ0n) is 19.1. The molecule has 1 saturated carbocycles. The number of hydrogen-bond donors (Lipinski definition) is 2. The molecule has 3 heterocycles. The van der Waals surface area contributed by atoms with Gasteiger partial charge >= 0.3 is 0 Å². The summed E-state index contributed by atoms with van der Waals surface area (Å²) in [6.07, 6.45) is 8.05. The number of carbonyl (C=O) groups is 2. The van der Waals surface area contributed by atoms with Crippen LogP contribution in [0.5, 0.6) is 0 Å². The number of anilines is 1. The van der Waals surface area contributed by atoms with Crippen LogP contribution in [-0.2, 0) is 4.79 Å². The first-order valence-electron chi connectivity index (χ1n) is 11.2. The Hall–Kier alpha value is -3.49. The molecule has 174 valence electrons. The van der Waals surface area contributed by atoms with Gasteiger partial charge in [0.25, 0.3) is 5.91 Å². The molecular weight excluding hydrogens is 423 g/mol. The second kappa shape index (κ2) is 9.17. The molecule has 0 atom stereocenters. The Morgan fingerprint density at radius 2 is 2.00 bits per heavy atom. The van der Waals surface area contributed by atoms with Gasteiger partial charge in [-0.25, -0.2) is 9.50 Å². The van der Waals surface area contributed by atoms with Gasteiger partial charge in [0, 0.05) is 48.6 Å². The summed E-state index contributed by atoms with van der Waals surface area (Å²) < 4.78 is 16.0. The Kier molecular flexibility index (Phi) is 6.31. The highest BCUT2D eigenvalue weighted by Crippen LogP contribution is 2.36. The van der Waals surface area contributed by atoms with Gasteiger partial charge in [-0.2, -0.15) is 9.49 Å². The molecule has 8 nitrogen and oxygen atoms in total. The number of aromatic nitrogens is 3. The molecule has 3 N–H and O–H groups in total. The molecule has 1 aliphatic rings. The SMILES string of the molecule is CC(=O)NC1CCC(N(c2c(C(N)=O)cnn3cc(-c4cccnc4F)cc23)C(C)C)CC1. The molecule has 33 heavy (non-hydrogen) atoms. The van der Waals surface area contributed by atoms with E-state index in [2.05, 4.69) is 34.1 Å². The highest BCUT2D eigenvalue weighted by Gasteiger charge is 2.32. The van der Waals surface area contributed by atoms with Gasteiger partial charge in [-0.15, -0.1) is 0 Å². The molecule has 3 aromatic rings. The molecule has 1 fully saturated rings. The Bertz CT molecular complexity index is 1180. The summed E-state index contributed by atoms with van der Waals surface area (Å²) in [6, 6.07) is 5.56. The van der Waals surface area contributed by atoms with E-state index in [1.54, 1.807) is 22.8 Å². The lowest BCUT2D eigenvalue weighted by atomic mass is 9.88. The maximum Gasteiger partial charge on any atom is 0.252 e. The smallest absolute Gasteiger partial charge is 0.252 e. The summed E-state index contributed by atoms with van der Waals surface area (Å²) in [5.74, 6) is -1.15. The third-order valence-corrected chi connectivity index (χ3v) is 6.26. The first-order valence-corrected chi connectivity index (χ1v) is 11.2. The van der Waals surface area contributed by atoms with Gasteiger partial charge < -0.3 is 16.0 Å². The summed E-state index contributed by atoms with van der Waals surface area (Å²) >= 11 is 0. The number of hydrogen-bond acceptors (Lipinski definition) is 5. The maximum absolute atomic E-state index is 14.4. The lowest BCUT2D eigenvalue weighted by molar-refractivity contribution is -0.119. The summed E-state index contributed by atoms with van der Waals surface area (Å²) in [7, 11) is 0. The summed E-state index contributed by atoms with van der Waals surface area (Å²) in [5, 5.41) is 7.38. The van der Waals surface area contributed by atoms with Gasteiger partial charge in [0.1, 0.15) is 0 Å². The first-order chi connectivity index (χ1) is 15.8. The van der Waals surface area contributed by atoms with Crippen molar-refractivity contribution in [2.45, 2.75) is 64.6 Å². The van der Waals surface area contributed by atoms with Crippen molar-refractivity contribution in [2.24, 2.45) is 5.73 Å². The predicted octanol–water partition coefficient (Wildman–Crippen LogP) is 3.30. The molecule has 0 aromatic carbocycles. The molecule has 0 unspecified atom stereocenters. The lowest BCUT2D eigenvalue weighted by Gasteiger charge is -2.41. The summed E-state index contributed by atoms with van der Waals surface area (Å²) in [6.45, 7) is 5.69. The predicted molar refractivity (Wildman–Crippen MR) is 124 cm³/mol. The van der Waals surface area contributed by atoms with E-state index in [4.69, 9.17) is 5.73 Å². The van der Waals surface area contributed by atoms with E-state index in [-0.39, 0.29) is 24.0 Å². The van der Waals surface area contributed by atoms with Crippen molar-refractivity contribution in [3.63, 3.8) is 0 Å². The molecular formula is C24H29FN6O2. The van der Waals surface area contributed by atoms with Crippen molar-refractivity contribution in [2.75, 3.05) is 4.90 Å². The van der Waals surface area contributed by atoms with Crippen molar-refractivity contribution in [3.8, 4) is 11.1 Å². The molecule has 3 aromatic heterocycles. The third kappa shape index (κ3) is 4.53. The topological polar surface area (TPSA) is 106 Å². The van der Waals surface area contributed by atoms with Gasteiger partial charge in [0.15, 0.2) is 0 Å².